The monoisotopic (exact) mass is 393 g/mol. The van der Waals surface area contributed by atoms with Crippen LogP contribution in [0, 0.1) is 0 Å². The molecular weight excluding hydrogens is 366 g/mol. The lowest BCUT2D eigenvalue weighted by Gasteiger charge is -2.38. The van der Waals surface area contributed by atoms with E-state index in [-0.39, 0.29) is 11.9 Å². The van der Waals surface area contributed by atoms with Crippen molar-refractivity contribution < 1.29 is 4.79 Å². The smallest absolute Gasteiger partial charge is 0.274 e. The molecule has 29 heavy (non-hydrogen) atoms. The van der Waals surface area contributed by atoms with Crippen LogP contribution < -0.4 is 4.90 Å². The van der Waals surface area contributed by atoms with Crippen LogP contribution in [0.1, 0.15) is 35.1 Å². The number of aryl methyl sites for hydroxylation is 1. The van der Waals surface area contributed by atoms with E-state index in [0.29, 0.717) is 18.8 Å². The molecule has 2 aliphatic heterocycles. The Morgan fingerprint density at radius 2 is 1.90 bits per heavy atom. The fourth-order valence-corrected chi connectivity index (χ4v) is 4.45. The van der Waals surface area contributed by atoms with E-state index in [1.165, 1.54) is 18.7 Å². The van der Waals surface area contributed by atoms with Crippen molar-refractivity contribution in [1.29, 1.82) is 0 Å². The van der Waals surface area contributed by atoms with Crippen molar-refractivity contribution in [2.24, 2.45) is 7.05 Å². The molecule has 0 aliphatic carbocycles. The van der Waals surface area contributed by atoms with Gasteiger partial charge in [-0.3, -0.25) is 18.8 Å². The summed E-state index contributed by atoms with van der Waals surface area (Å²) >= 11 is 0. The highest BCUT2D eigenvalue weighted by Gasteiger charge is 2.31. The van der Waals surface area contributed by atoms with E-state index in [4.69, 9.17) is 4.98 Å². The highest BCUT2D eigenvalue weighted by atomic mass is 16.2. The van der Waals surface area contributed by atoms with Gasteiger partial charge in [0.2, 0.25) is 0 Å². The van der Waals surface area contributed by atoms with Crippen LogP contribution in [-0.2, 0) is 7.05 Å². The molecule has 0 aromatic carbocycles. The van der Waals surface area contributed by atoms with Gasteiger partial charge in [-0.05, 0) is 38.1 Å². The third kappa shape index (κ3) is 3.27. The number of aromatic nitrogens is 4. The molecule has 5 rings (SSSR count). The van der Waals surface area contributed by atoms with Gasteiger partial charge in [0, 0.05) is 52.2 Å². The summed E-state index contributed by atoms with van der Waals surface area (Å²) in [4.78, 5) is 24.4. The quantitative estimate of drug-likeness (QED) is 0.679. The van der Waals surface area contributed by atoms with Gasteiger partial charge in [-0.15, -0.1) is 0 Å². The van der Waals surface area contributed by atoms with Crippen molar-refractivity contribution in [3.63, 3.8) is 0 Å². The standard InChI is InChI=1S/C21H27N7O/c1-24-12-13-27(21(29)16-8-11-25(2)23-16)15-18(24)17-14-28-19(22-17)6-5-7-20(28)26-9-3-4-10-26/h5-8,11,14,18H,3-4,9-10,12-13,15H2,1-2H3. The van der Waals surface area contributed by atoms with Crippen molar-refractivity contribution >= 4 is 17.4 Å². The van der Waals surface area contributed by atoms with Gasteiger partial charge < -0.3 is 9.80 Å². The highest BCUT2D eigenvalue weighted by molar-refractivity contribution is 5.92. The predicted molar refractivity (Wildman–Crippen MR) is 111 cm³/mol. The van der Waals surface area contributed by atoms with Crippen molar-refractivity contribution in [3.05, 3.63) is 48.0 Å². The largest absolute Gasteiger partial charge is 0.358 e. The molecule has 5 heterocycles. The van der Waals surface area contributed by atoms with E-state index in [1.807, 2.05) is 18.1 Å². The summed E-state index contributed by atoms with van der Waals surface area (Å²) < 4.78 is 3.87. The molecule has 0 N–H and O–H groups in total. The van der Waals surface area contributed by atoms with Crippen LogP contribution in [0.25, 0.3) is 5.65 Å². The normalized spacial score (nSPS) is 20.7. The van der Waals surface area contributed by atoms with Gasteiger partial charge in [0.25, 0.3) is 5.91 Å². The first-order valence-corrected chi connectivity index (χ1v) is 10.3. The number of imidazole rings is 1. The topological polar surface area (TPSA) is 61.9 Å². The number of anilines is 1. The average Bonchev–Trinajstić information content (AvgIpc) is 3.47. The number of amides is 1. The van der Waals surface area contributed by atoms with Gasteiger partial charge in [-0.1, -0.05) is 6.07 Å². The molecule has 2 saturated heterocycles. The van der Waals surface area contributed by atoms with Crippen LogP contribution in [-0.4, -0.2) is 74.6 Å². The molecule has 8 nitrogen and oxygen atoms in total. The summed E-state index contributed by atoms with van der Waals surface area (Å²) in [5.74, 6) is 1.20. The summed E-state index contributed by atoms with van der Waals surface area (Å²) in [5, 5.41) is 4.28. The minimum atomic E-state index is -0.00906. The Kier molecular flexibility index (Phi) is 4.50. The number of hydrogen-bond donors (Lipinski definition) is 0. The second-order valence-electron chi connectivity index (χ2n) is 8.09. The summed E-state index contributed by atoms with van der Waals surface area (Å²) in [5.41, 5.74) is 2.48. The zero-order valence-electron chi connectivity index (χ0n) is 17.0. The first-order chi connectivity index (χ1) is 14.1. The first-order valence-electron chi connectivity index (χ1n) is 10.3. The minimum Gasteiger partial charge on any atom is -0.358 e. The van der Waals surface area contributed by atoms with Crippen LogP contribution in [0.2, 0.25) is 0 Å². The molecule has 0 radical (unpaired) electrons. The van der Waals surface area contributed by atoms with E-state index < -0.39 is 0 Å². The van der Waals surface area contributed by atoms with Gasteiger partial charge in [0.05, 0.1) is 11.7 Å². The molecule has 1 atom stereocenters. The van der Waals surface area contributed by atoms with Gasteiger partial charge >= 0.3 is 0 Å². The maximum Gasteiger partial charge on any atom is 0.274 e. The molecule has 2 fully saturated rings. The number of pyridine rings is 1. The fraction of sp³-hybridized carbons (Fsp3) is 0.476. The Morgan fingerprint density at radius 3 is 2.66 bits per heavy atom. The number of carbonyl (C=O) groups is 1. The number of fused-ring (bicyclic) bond motifs is 1. The molecule has 0 bridgehead atoms. The predicted octanol–water partition coefficient (Wildman–Crippen LogP) is 1.80. The molecule has 8 heteroatoms. The fourth-order valence-electron chi connectivity index (χ4n) is 4.45. The third-order valence-electron chi connectivity index (χ3n) is 6.13. The Morgan fingerprint density at radius 1 is 1.07 bits per heavy atom. The molecular formula is C21H27N7O. The van der Waals surface area contributed by atoms with Crippen LogP contribution >= 0.6 is 0 Å². The summed E-state index contributed by atoms with van der Waals surface area (Å²) in [6.45, 7) is 4.34. The summed E-state index contributed by atoms with van der Waals surface area (Å²) in [6.07, 6.45) is 6.45. The SMILES string of the molecule is CN1CCN(C(=O)c2ccn(C)n2)CC1c1cn2c(N3CCCC3)cccc2n1. The van der Waals surface area contributed by atoms with Crippen LogP contribution in [0.15, 0.2) is 36.7 Å². The van der Waals surface area contributed by atoms with E-state index in [2.05, 4.69) is 50.7 Å². The number of carbonyl (C=O) groups excluding carboxylic acids is 1. The second-order valence-corrected chi connectivity index (χ2v) is 8.09. The number of nitrogens with zero attached hydrogens (tertiary/aromatic N) is 7. The van der Waals surface area contributed by atoms with Gasteiger partial charge in [0.1, 0.15) is 17.2 Å². The van der Waals surface area contributed by atoms with Crippen LogP contribution in [0.4, 0.5) is 5.82 Å². The Labute approximate surface area is 170 Å². The summed E-state index contributed by atoms with van der Waals surface area (Å²) in [7, 11) is 3.94. The average molecular weight is 393 g/mol. The van der Waals surface area contributed by atoms with Gasteiger partial charge in [0.15, 0.2) is 0 Å². The lowest BCUT2D eigenvalue weighted by Crippen LogP contribution is -2.49. The van der Waals surface area contributed by atoms with Gasteiger partial charge in [-0.25, -0.2) is 4.98 Å². The zero-order valence-corrected chi connectivity index (χ0v) is 17.0. The maximum atomic E-state index is 12.9. The number of piperazine rings is 1. The molecule has 3 aromatic heterocycles. The third-order valence-corrected chi connectivity index (χ3v) is 6.13. The molecule has 1 amide bonds. The van der Waals surface area contributed by atoms with Crippen LogP contribution in [0.3, 0.4) is 0 Å². The zero-order chi connectivity index (χ0) is 20.0. The highest BCUT2D eigenvalue weighted by Crippen LogP contribution is 2.28. The van der Waals surface area contributed by atoms with Crippen molar-refractivity contribution in [1.82, 2.24) is 29.0 Å². The van der Waals surface area contributed by atoms with E-state index in [9.17, 15) is 4.79 Å². The molecule has 3 aromatic rings. The summed E-state index contributed by atoms with van der Waals surface area (Å²) in [6, 6.07) is 8.17. The van der Waals surface area contributed by atoms with E-state index in [0.717, 1.165) is 31.0 Å². The van der Waals surface area contributed by atoms with E-state index in [1.54, 1.807) is 10.7 Å². The lowest BCUT2D eigenvalue weighted by atomic mass is 10.1. The Hall–Kier alpha value is -2.87. The Balaban J connectivity index is 1.43. The maximum absolute atomic E-state index is 12.9. The van der Waals surface area contributed by atoms with Crippen molar-refractivity contribution in [2.45, 2.75) is 18.9 Å². The molecule has 1 unspecified atom stereocenters. The molecule has 152 valence electrons. The molecule has 2 aliphatic rings. The van der Waals surface area contributed by atoms with Crippen LogP contribution in [0.5, 0.6) is 0 Å². The van der Waals surface area contributed by atoms with Crippen molar-refractivity contribution in [2.75, 3.05) is 44.7 Å². The number of rotatable bonds is 3. The van der Waals surface area contributed by atoms with Gasteiger partial charge in [-0.2, -0.15) is 5.10 Å². The number of hydrogen-bond acceptors (Lipinski definition) is 5. The second kappa shape index (κ2) is 7.18. The molecule has 0 saturated carbocycles. The first kappa shape index (κ1) is 18.2. The van der Waals surface area contributed by atoms with E-state index >= 15 is 0 Å². The minimum absolute atomic E-state index is 0.00906. The molecule has 0 spiro atoms. The lowest BCUT2D eigenvalue weighted by molar-refractivity contribution is 0.0534. The Bertz CT molecular complexity index is 1030. The number of likely N-dealkylation sites (N-methyl/N-ethyl adjacent to an activating group) is 1. The van der Waals surface area contributed by atoms with Crippen molar-refractivity contribution in [3.8, 4) is 0 Å².